The number of carbonyl (C=O) groups excluding carboxylic acids is 2. The second-order valence-electron chi connectivity index (χ2n) is 5.94. The highest BCUT2D eigenvalue weighted by Crippen LogP contribution is 2.30. The molecule has 1 N–H and O–H groups in total. The van der Waals surface area contributed by atoms with Crippen molar-refractivity contribution in [2.75, 3.05) is 0 Å². The summed E-state index contributed by atoms with van der Waals surface area (Å²) in [6.45, 7) is 1.77. The molecule has 0 bridgehead atoms. The Morgan fingerprint density at radius 3 is 2.00 bits per heavy atom. The first-order valence-corrected chi connectivity index (χ1v) is 7.62. The zero-order chi connectivity index (χ0) is 18.0. The van der Waals surface area contributed by atoms with Crippen LogP contribution in [0.4, 0.5) is 4.79 Å². The van der Waals surface area contributed by atoms with E-state index < -0.39 is 11.6 Å². The van der Waals surface area contributed by atoms with Gasteiger partial charge in [-0.15, -0.1) is 0 Å². The van der Waals surface area contributed by atoms with Gasteiger partial charge in [-0.1, -0.05) is 24.3 Å². The summed E-state index contributed by atoms with van der Waals surface area (Å²) in [6.07, 6.45) is 0. The largest absolute Gasteiger partial charge is 0.325 e. The topological polar surface area (TPSA) is 97.0 Å². The maximum Gasteiger partial charge on any atom is 0.325 e. The normalized spacial score (nSPS) is 19.2. The first-order chi connectivity index (χ1) is 12.0. The predicted molar refractivity (Wildman–Crippen MR) is 88.7 cm³/mol. The molecule has 1 saturated heterocycles. The molecule has 25 heavy (non-hydrogen) atoms. The zero-order valence-corrected chi connectivity index (χ0v) is 13.5. The molecule has 0 spiro atoms. The molecule has 6 heteroatoms. The highest BCUT2D eigenvalue weighted by Gasteiger charge is 2.48. The number of hydrogen-bond acceptors (Lipinski definition) is 4. The zero-order valence-electron chi connectivity index (χ0n) is 13.5. The number of hydrogen-bond donors (Lipinski definition) is 1. The molecule has 1 unspecified atom stereocenters. The Morgan fingerprint density at radius 2 is 1.48 bits per heavy atom. The number of carbonyl (C=O) groups is 2. The lowest BCUT2D eigenvalue weighted by Gasteiger charge is -2.22. The molecule has 0 radical (unpaired) electrons. The Hall–Kier alpha value is -3.64. The molecule has 122 valence electrons. The van der Waals surface area contributed by atoms with Gasteiger partial charge in [-0.25, -0.2) is 4.79 Å². The van der Waals surface area contributed by atoms with E-state index in [2.05, 4.69) is 5.32 Å². The molecule has 6 nitrogen and oxygen atoms in total. The van der Waals surface area contributed by atoms with E-state index in [4.69, 9.17) is 10.5 Å². The van der Waals surface area contributed by atoms with Gasteiger partial charge in [0.05, 0.1) is 29.8 Å². The van der Waals surface area contributed by atoms with Crippen LogP contribution in [0.3, 0.4) is 0 Å². The SMILES string of the molecule is CC1(c2ccc(C#N)cc2)NC(=O)N(Cc2ccc(C#N)cc2)C1=O. The molecule has 1 aliphatic rings. The number of nitrogens with one attached hydrogen (secondary N) is 1. The van der Waals surface area contributed by atoms with E-state index >= 15 is 0 Å². The minimum atomic E-state index is -1.17. The van der Waals surface area contributed by atoms with E-state index in [1.165, 1.54) is 0 Å². The van der Waals surface area contributed by atoms with Crippen LogP contribution in [0, 0.1) is 22.7 Å². The maximum atomic E-state index is 12.8. The minimum absolute atomic E-state index is 0.127. The first-order valence-electron chi connectivity index (χ1n) is 7.62. The fourth-order valence-electron chi connectivity index (χ4n) is 2.78. The first kappa shape index (κ1) is 16.2. The number of rotatable bonds is 3. The fourth-order valence-corrected chi connectivity index (χ4v) is 2.78. The summed E-state index contributed by atoms with van der Waals surface area (Å²) in [7, 11) is 0. The smallest absolute Gasteiger partial charge is 0.319 e. The summed E-state index contributed by atoms with van der Waals surface area (Å²) in [5.74, 6) is -0.355. The second kappa shape index (κ2) is 6.10. The van der Waals surface area contributed by atoms with Crippen LogP contribution in [-0.2, 0) is 16.9 Å². The van der Waals surface area contributed by atoms with E-state index in [-0.39, 0.29) is 12.5 Å². The standard InChI is InChI=1S/C19H14N4O2/c1-19(16-8-6-14(11-21)7-9-16)17(24)23(18(25)22-19)12-15-4-2-13(10-20)3-5-15/h2-9H,12H2,1H3,(H,22,25). The molecule has 2 aromatic rings. The molecule has 0 aliphatic carbocycles. The Balaban J connectivity index is 1.85. The van der Waals surface area contributed by atoms with Crippen LogP contribution in [0.25, 0.3) is 0 Å². The van der Waals surface area contributed by atoms with Crippen LogP contribution in [0.1, 0.15) is 29.2 Å². The molecular weight excluding hydrogens is 316 g/mol. The summed E-state index contributed by atoms with van der Waals surface area (Å²) >= 11 is 0. The number of nitrogens with zero attached hydrogens (tertiary/aromatic N) is 3. The van der Waals surface area contributed by atoms with Gasteiger partial charge in [0, 0.05) is 0 Å². The van der Waals surface area contributed by atoms with E-state index in [1.54, 1.807) is 55.5 Å². The molecular formula is C19H14N4O2. The maximum absolute atomic E-state index is 12.8. The lowest BCUT2D eigenvalue weighted by atomic mass is 9.91. The van der Waals surface area contributed by atoms with E-state index in [0.29, 0.717) is 16.7 Å². The summed E-state index contributed by atoms with van der Waals surface area (Å²) in [5.41, 5.74) is 1.21. The van der Waals surface area contributed by atoms with Gasteiger partial charge in [0.25, 0.3) is 5.91 Å². The van der Waals surface area contributed by atoms with Crippen molar-refractivity contribution in [1.82, 2.24) is 10.2 Å². The summed E-state index contributed by atoms with van der Waals surface area (Å²) in [4.78, 5) is 26.3. The molecule has 2 aromatic carbocycles. The van der Waals surface area contributed by atoms with Crippen molar-refractivity contribution in [2.45, 2.75) is 19.0 Å². The van der Waals surface area contributed by atoms with E-state index in [0.717, 1.165) is 10.5 Å². The van der Waals surface area contributed by atoms with Crippen LogP contribution >= 0.6 is 0 Å². The highest BCUT2D eigenvalue weighted by molar-refractivity contribution is 6.07. The van der Waals surface area contributed by atoms with Crippen molar-refractivity contribution >= 4 is 11.9 Å². The van der Waals surface area contributed by atoms with Crippen LogP contribution in [-0.4, -0.2) is 16.8 Å². The molecule has 1 atom stereocenters. The summed E-state index contributed by atoms with van der Waals surface area (Å²) < 4.78 is 0. The molecule has 3 rings (SSSR count). The third kappa shape index (κ3) is 2.82. The van der Waals surface area contributed by atoms with Gasteiger partial charge in [0.15, 0.2) is 0 Å². The summed E-state index contributed by atoms with van der Waals surface area (Å²) in [6, 6.07) is 16.9. The molecule has 0 saturated carbocycles. The lowest BCUT2D eigenvalue weighted by Crippen LogP contribution is -2.40. The van der Waals surface area contributed by atoms with Crippen molar-refractivity contribution in [1.29, 1.82) is 10.5 Å². The van der Waals surface area contributed by atoms with E-state index in [9.17, 15) is 9.59 Å². The molecule has 1 heterocycles. The van der Waals surface area contributed by atoms with Gasteiger partial charge in [-0.3, -0.25) is 9.69 Å². The third-order valence-electron chi connectivity index (χ3n) is 4.29. The number of amides is 3. The molecule has 1 aliphatic heterocycles. The minimum Gasteiger partial charge on any atom is -0.319 e. The van der Waals surface area contributed by atoms with Gasteiger partial charge in [0.2, 0.25) is 0 Å². The number of imide groups is 1. The monoisotopic (exact) mass is 330 g/mol. The van der Waals surface area contributed by atoms with Crippen LogP contribution in [0.5, 0.6) is 0 Å². The Kier molecular flexibility index (Phi) is 3.96. The average Bonchev–Trinajstić information content (AvgIpc) is 2.86. The van der Waals surface area contributed by atoms with Crippen molar-refractivity contribution < 1.29 is 9.59 Å². The quantitative estimate of drug-likeness (QED) is 0.874. The predicted octanol–water partition coefficient (Wildman–Crippen LogP) is 2.40. The summed E-state index contributed by atoms with van der Waals surface area (Å²) in [5, 5.41) is 20.4. The molecule has 3 amide bonds. The van der Waals surface area contributed by atoms with Gasteiger partial charge in [-0.2, -0.15) is 10.5 Å². The lowest BCUT2D eigenvalue weighted by molar-refractivity contribution is -0.131. The third-order valence-corrected chi connectivity index (χ3v) is 4.29. The van der Waals surface area contributed by atoms with Crippen LogP contribution < -0.4 is 5.32 Å². The van der Waals surface area contributed by atoms with Gasteiger partial charge in [-0.05, 0) is 42.3 Å². The van der Waals surface area contributed by atoms with Crippen LogP contribution in [0.15, 0.2) is 48.5 Å². The molecule has 0 aromatic heterocycles. The number of nitriles is 2. The fraction of sp³-hybridized carbons (Fsp3) is 0.158. The van der Waals surface area contributed by atoms with Crippen molar-refractivity contribution in [3.8, 4) is 12.1 Å². The average molecular weight is 330 g/mol. The van der Waals surface area contributed by atoms with Crippen molar-refractivity contribution in [2.24, 2.45) is 0 Å². The highest BCUT2D eigenvalue weighted by atomic mass is 16.2. The number of urea groups is 1. The van der Waals surface area contributed by atoms with Gasteiger partial charge >= 0.3 is 6.03 Å². The van der Waals surface area contributed by atoms with Crippen molar-refractivity contribution in [3.63, 3.8) is 0 Å². The molecule has 1 fully saturated rings. The van der Waals surface area contributed by atoms with Crippen molar-refractivity contribution in [3.05, 3.63) is 70.8 Å². The second-order valence-corrected chi connectivity index (χ2v) is 5.94. The van der Waals surface area contributed by atoms with Crippen LogP contribution in [0.2, 0.25) is 0 Å². The van der Waals surface area contributed by atoms with Gasteiger partial charge in [0.1, 0.15) is 5.54 Å². The Labute approximate surface area is 144 Å². The number of benzene rings is 2. The Morgan fingerprint density at radius 1 is 0.960 bits per heavy atom. The Bertz CT molecular complexity index is 920. The van der Waals surface area contributed by atoms with Gasteiger partial charge < -0.3 is 5.32 Å². The van der Waals surface area contributed by atoms with E-state index in [1.807, 2.05) is 12.1 Å².